The van der Waals surface area contributed by atoms with Gasteiger partial charge in [-0.1, -0.05) is 5.16 Å². The minimum absolute atomic E-state index is 0.637. The van der Waals surface area contributed by atoms with Crippen molar-refractivity contribution in [2.24, 2.45) is 5.92 Å². The fraction of sp³-hybridized carbons (Fsp3) is 0.778. The molecule has 1 aromatic rings. The molecule has 1 fully saturated rings. The molecule has 2 atom stereocenters. The lowest BCUT2D eigenvalue weighted by Gasteiger charge is -2.02. The maximum absolute atomic E-state index is 4.92. The van der Waals surface area contributed by atoms with E-state index in [1.165, 1.54) is 6.42 Å². The van der Waals surface area contributed by atoms with Gasteiger partial charge in [0.1, 0.15) is 0 Å². The van der Waals surface area contributed by atoms with Crippen LogP contribution in [-0.4, -0.2) is 22.7 Å². The topological polar surface area (TPSA) is 51.0 Å². The summed E-state index contributed by atoms with van der Waals surface area (Å²) in [5.74, 6) is 2.18. The standard InChI is InChI=1S/C9H15N3O/c1-6-3-8(5-10-6)4-9-11-7(2)13-12-9/h6,8,10H,3-5H2,1-2H3/t6-,8?/m0/s1. The average Bonchev–Trinajstić information content (AvgIpc) is 2.62. The maximum Gasteiger partial charge on any atom is 0.223 e. The minimum atomic E-state index is 0.637. The van der Waals surface area contributed by atoms with Crippen LogP contribution in [-0.2, 0) is 6.42 Å². The van der Waals surface area contributed by atoms with Crippen molar-refractivity contribution in [1.29, 1.82) is 0 Å². The van der Waals surface area contributed by atoms with E-state index in [0.29, 0.717) is 17.9 Å². The molecular weight excluding hydrogens is 166 g/mol. The molecular formula is C9H15N3O. The molecule has 0 amide bonds. The second kappa shape index (κ2) is 3.46. The van der Waals surface area contributed by atoms with Gasteiger partial charge in [-0.2, -0.15) is 4.98 Å². The molecule has 4 nitrogen and oxygen atoms in total. The van der Waals surface area contributed by atoms with Crippen molar-refractivity contribution in [3.8, 4) is 0 Å². The Morgan fingerprint density at radius 1 is 1.62 bits per heavy atom. The van der Waals surface area contributed by atoms with E-state index in [9.17, 15) is 0 Å². The molecule has 1 aliphatic rings. The largest absolute Gasteiger partial charge is 0.340 e. The third-order valence-electron chi connectivity index (χ3n) is 2.48. The normalized spacial score (nSPS) is 28.2. The van der Waals surface area contributed by atoms with Gasteiger partial charge in [-0.15, -0.1) is 0 Å². The third-order valence-corrected chi connectivity index (χ3v) is 2.48. The first-order valence-electron chi connectivity index (χ1n) is 4.76. The van der Waals surface area contributed by atoms with Crippen LogP contribution in [0.1, 0.15) is 25.1 Å². The minimum Gasteiger partial charge on any atom is -0.340 e. The van der Waals surface area contributed by atoms with E-state index in [1.54, 1.807) is 0 Å². The van der Waals surface area contributed by atoms with Gasteiger partial charge in [-0.25, -0.2) is 0 Å². The summed E-state index contributed by atoms with van der Waals surface area (Å²) in [6, 6.07) is 0.637. The molecule has 72 valence electrons. The summed E-state index contributed by atoms with van der Waals surface area (Å²) in [6.45, 7) is 5.11. The SMILES string of the molecule is Cc1nc(CC2CN[C@@H](C)C2)no1. The van der Waals surface area contributed by atoms with Crippen molar-refractivity contribution < 1.29 is 4.52 Å². The Labute approximate surface area is 77.7 Å². The van der Waals surface area contributed by atoms with Gasteiger partial charge >= 0.3 is 0 Å². The predicted molar refractivity (Wildman–Crippen MR) is 48.3 cm³/mol. The predicted octanol–water partition coefficient (Wildman–Crippen LogP) is 0.919. The summed E-state index contributed by atoms with van der Waals surface area (Å²) >= 11 is 0. The lowest BCUT2D eigenvalue weighted by molar-refractivity contribution is 0.383. The number of aromatic nitrogens is 2. The number of nitrogens with zero attached hydrogens (tertiary/aromatic N) is 2. The van der Waals surface area contributed by atoms with Crippen LogP contribution in [0.15, 0.2) is 4.52 Å². The van der Waals surface area contributed by atoms with Crippen molar-refractivity contribution in [2.45, 2.75) is 32.7 Å². The number of nitrogens with one attached hydrogen (secondary N) is 1. The molecule has 13 heavy (non-hydrogen) atoms. The van der Waals surface area contributed by atoms with Crippen LogP contribution in [0.2, 0.25) is 0 Å². The van der Waals surface area contributed by atoms with Crippen LogP contribution in [0.3, 0.4) is 0 Å². The van der Waals surface area contributed by atoms with Crippen LogP contribution in [0.4, 0.5) is 0 Å². The van der Waals surface area contributed by atoms with Crippen LogP contribution in [0.25, 0.3) is 0 Å². The fourth-order valence-corrected chi connectivity index (χ4v) is 1.87. The monoisotopic (exact) mass is 181 g/mol. The van der Waals surface area contributed by atoms with Crippen molar-refractivity contribution in [2.75, 3.05) is 6.54 Å². The zero-order valence-corrected chi connectivity index (χ0v) is 8.08. The molecule has 2 rings (SSSR count). The van der Waals surface area contributed by atoms with E-state index in [0.717, 1.165) is 18.8 Å². The van der Waals surface area contributed by atoms with Crippen LogP contribution in [0.5, 0.6) is 0 Å². The number of aryl methyl sites for hydroxylation is 1. The van der Waals surface area contributed by atoms with Gasteiger partial charge in [-0.05, 0) is 25.8 Å². The molecule has 0 saturated carbocycles. The highest BCUT2D eigenvalue weighted by atomic mass is 16.5. The molecule has 0 spiro atoms. The molecule has 1 unspecified atom stereocenters. The second-order valence-corrected chi connectivity index (χ2v) is 3.84. The Morgan fingerprint density at radius 2 is 2.46 bits per heavy atom. The van der Waals surface area contributed by atoms with E-state index in [4.69, 9.17) is 4.52 Å². The molecule has 0 aromatic carbocycles. The first-order valence-corrected chi connectivity index (χ1v) is 4.76. The average molecular weight is 181 g/mol. The van der Waals surface area contributed by atoms with Crippen LogP contribution >= 0.6 is 0 Å². The van der Waals surface area contributed by atoms with Gasteiger partial charge in [0.2, 0.25) is 5.89 Å². The first kappa shape index (κ1) is 8.69. The van der Waals surface area contributed by atoms with Gasteiger partial charge in [0, 0.05) is 19.4 Å². The number of hydrogen-bond acceptors (Lipinski definition) is 4. The van der Waals surface area contributed by atoms with E-state index >= 15 is 0 Å². The third kappa shape index (κ3) is 2.06. The van der Waals surface area contributed by atoms with E-state index in [-0.39, 0.29) is 0 Å². The number of hydrogen-bond donors (Lipinski definition) is 1. The second-order valence-electron chi connectivity index (χ2n) is 3.84. The van der Waals surface area contributed by atoms with Gasteiger partial charge < -0.3 is 9.84 Å². The van der Waals surface area contributed by atoms with E-state index < -0.39 is 0 Å². The highest BCUT2D eigenvalue weighted by Crippen LogP contribution is 2.17. The van der Waals surface area contributed by atoms with Crippen molar-refractivity contribution in [3.05, 3.63) is 11.7 Å². The quantitative estimate of drug-likeness (QED) is 0.737. The lowest BCUT2D eigenvalue weighted by Crippen LogP contribution is -2.17. The van der Waals surface area contributed by atoms with Crippen LogP contribution in [0, 0.1) is 12.8 Å². The van der Waals surface area contributed by atoms with Crippen molar-refractivity contribution >= 4 is 0 Å². The summed E-state index contributed by atoms with van der Waals surface area (Å²) in [4.78, 5) is 4.19. The first-order chi connectivity index (χ1) is 6.24. The Kier molecular flexibility index (Phi) is 2.31. The Balaban J connectivity index is 1.91. The summed E-state index contributed by atoms with van der Waals surface area (Å²) in [5.41, 5.74) is 0. The van der Waals surface area contributed by atoms with Crippen LogP contribution < -0.4 is 5.32 Å². The Bertz CT molecular complexity index is 284. The molecule has 2 heterocycles. The van der Waals surface area contributed by atoms with E-state index in [2.05, 4.69) is 22.4 Å². The van der Waals surface area contributed by atoms with Gasteiger partial charge in [0.25, 0.3) is 0 Å². The molecule has 4 heteroatoms. The summed E-state index contributed by atoms with van der Waals surface area (Å²) in [5, 5.41) is 7.30. The van der Waals surface area contributed by atoms with E-state index in [1.807, 2.05) is 6.92 Å². The van der Waals surface area contributed by atoms with Crippen molar-refractivity contribution in [1.82, 2.24) is 15.5 Å². The fourth-order valence-electron chi connectivity index (χ4n) is 1.87. The van der Waals surface area contributed by atoms with Gasteiger partial charge in [-0.3, -0.25) is 0 Å². The Hall–Kier alpha value is -0.900. The van der Waals surface area contributed by atoms with Crippen molar-refractivity contribution in [3.63, 3.8) is 0 Å². The molecule has 1 saturated heterocycles. The zero-order chi connectivity index (χ0) is 9.26. The van der Waals surface area contributed by atoms with Gasteiger partial charge in [0.15, 0.2) is 5.82 Å². The molecule has 0 aliphatic carbocycles. The molecule has 1 N–H and O–H groups in total. The maximum atomic E-state index is 4.92. The summed E-state index contributed by atoms with van der Waals surface area (Å²) in [7, 11) is 0. The Morgan fingerprint density at radius 3 is 3.00 bits per heavy atom. The highest BCUT2D eigenvalue weighted by Gasteiger charge is 2.22. The summed E-state index contributed by atoms with van der Waals surface area (Å²) in [6.07, 6.45) is 2.16. The highest BCUT2D eigenvalue weighted by molar-refractivity contribution is 4.90. The van der Waals surface area contributed by atoms with Gasteiger partial charge in [0.05, 0.1) is 0 Å². The lowest BCUT2D eigenvalue weighted by atomic mass is 10.0. The smallest absolute Gasteiger partial charge is 0.223 e. The summed E-state index contributed by atoms with van der Waals surface area (Å²) < 4.78 is 4.92. The molecule has 1 aliphatic heterocycles. The number of rotatable bonds is 2. The zero-order valence-electron chi connectivity index (χ0n) is 8.08. The molecule has 1 aromatic heterocycles. The molecule has 0 bridgehead atoms. The molecule has 0 radical (unpaired) electrons.